The summed E-state index contributed by atoms with van der Waals surface area (Å²) in [4.78, 5) is 14.8. The molecule has 0 unspecified atom stereocenters. The molecule has 2 heterocycles. The van der Waals surface area contributed by atoms with Crippen molar-refractivity contribution in [3.8, 4) is 11.3 Å². The summed E-state index contributed by atoms with van der Waals surface area (Å²) in [6, 6.07) is 19.3. The van der Waals surface area contributed by atoms with Gasteiger partial charge in [-0.1, -0.05) is 54.6 Å². The molecule has 0 atom stereocenters. The number of aryl methyl sites for hydroxylation is 1. The van der Waals surface area contributed by atoms with Gasteiger partial charge in [-0.05, 0) is 37.4 Å². The summed E-state index contributed by atoms with van der Waals surface area (Å²) in [5.41, 5.74) is 6.38. The lowest BCUT2D eigenvalue weighted by Crippen LogP contribution is -2.45. The van der Waals surface area contributed by atoms with E-state index in [-0.39, 0.29) is 0 Å². The van der Waals surface area contributed by atoms with E-state index in [9.17, 15) is 0 Å². The van der Waals surface area contributed by atoms with Crippen LogP contribution in [0.1, 0.15) is 16.7 Å². The minimum atomic E-state index is 0.862. The van der Waals surface area contributed by atoms with Crippen LogP contribution in [0, 0.1) is 0 Å². The third kappa shape index (κ3) is 3.90. The van der Waals surface area contributed by atoms with E-state index >= 15 is 0 Å². The molecule has 3 aromatic rings. The first kappa shape index (κ1) is 19.1. The maximum atomic E-state index is 5.09. The second-order valence-corrected chi connectivity index (χ2v) is 8.31. The molecule has 1 N–H and O–H groups in total. The van der Waals surface area contributed by atoms with Crippen molar-refractivity contribution in [1.82, 2.24) is 14.9 Å². The third-order valence-electron chi connectivity index (χ3n) is 6.25. The van der Waals surface area contributed by atoms with Crippen molar-refractivity contribution in [2.45, 2.75) is 19.3 Å². The zero-order valence-corrected chi connectivity index (χ0v) is 17.6. The summed E-state index contributed by atoms with van der Waals surface area (Å²) in [7, 11) is 2.18. The van der Waals surface area contributed by atoms with Crippen LogP contribution in [-0.2, 0) is 19.3 Å². The van der Waals surface area contributed by atoms with Gasteiger partial charge in [-0.25, -0.2) is 4.98 Å². The fourth-order valence-corrected chi connectivity index (χ4v) is 4.42. The van der Waals surface area contributed by atoms with Crippen LogP contribution in [0.4, 0.5) is 11.8 Å². The summed E-state index contributed by atoms with van der Waals surface area (Å²) in [6.45, 7) is 4.92. The Bertz CT molecular complexity index is 1010. The molecule has 5 rings (SSSR count). The summed E-state index contributed by atoms with van der Waals surface area (Å²) in [5.74, 6) is 1.88. The lowest BCUT2D eigenvalue weighted by molar-refractivity contribution is 0.311. The van der Waals surface area contributed by atoms with E-state index in [1.165, 1.54) is 22.3 Å². The summed E-state index contributed by atoms with van der Waals surface area (Å²) in [6.07, 6.45) is 3.02. The molecule has 0 radical (unpaired) electrons. The van der Waals surface area contributed by atoms with Crippen molar-refractivity contribution in [1.29, 1.82) is 0 Å². The molecule has 0 spiro atoms. The van der Waals surface area contributed by atoms with Crippen molar-refractivity contribution < 1.29 is 0 Å². The number of likely N-dealkylation sites (N-methyl/N-ethyl adjacent to an activating group) is 1. The van der Waals surface area contributed by atoms with Gasteiger partial charge in [0, 0.05) is 43.9 Å². The second kappa shape index (κ2) is 8.44. The topological polar surface area (TPSA) is 44.3 Å². The number of piperazine rings is 1. The molecule has 154 valence electrons. The smallest absolute Gasteiger partial charge is 0.227 e. The Morgan fingerprint density at radius 2 is 1.63 bits per heavy atom. The first-order valence-electron chi connectivity index (χ1n) is 11.0. The van der Waals surface area contributed by atoms with Gasteiger partial charge in [-0.2, -0.15) is 4.98 Å². The normalized spacial score (nSPS) is 16.1. The number of hydrogen-bond donors (Lipinski definition) is 1. The average Bonchev–Trinajstić information content (AvgIpc) is 2.80. The van der Waals surface area contributed by atoms with Crippen molar-refractivity contribution in [2.24, 2.45) is 0 Å². The van der Waals surface area contributed by atoms with Crippen LogP contribution in [0.5, 0.6) is 0 Å². The molecule has 2 aliphatic rings. The lowest BCUT2D eigenvalue weighted by atomic mass is 9.89. The van der Waals surface area contributed by atoms with Crippen molar-refractivity contribution >= 4 is 11.8 Å². The number of nitrogens with one attached hydrogen (secondary N) is 1. The predicted octanol–water partition coefficient (Wildman–Crippen LogP) is 3.65. The zero-order chi connectivity index (χ0) is 20.3. The summed E-state index contributed by atoms with van der Waals surface area (Å²) in [5, 5.41) is 3.65. The van der Waals surface area contributed by atoms with E-state index in [0.717, 1.165) is 69.4 Å². The van der Waals surface area contributed by atoms with Crippen LogP contribution in [0.2, 0.25) is 0 Å². The van der Waals surface area contributed by atoms with Gasteiger partial charge in [0.1, 0.15) is 5.82 Å². The number of benzene rings is 2. The van der Waals surface area contributed by atoms with Gasteiger partial charge in [-0.3, -0.25) is 0 Å². The molecular weight excluding hydrogens is 370 g/mol. The van der Waals surface area contributed by atoms with Gasteiger partial charge < -0.3 is 15.1 Å². The highest BCUT2D eigenvalue weighted by Gasteiger charge is 2.25. The molecule has 0 amide bonds. The van der Waals surface area contributed by atoms with E-state index in [2.05, 4.69) is 76.8 Å². The predicted molar refractivity (Wildman–Crippen MR) is 123 cm³/mol. The maximum absolute atomic E-state index is 5.09. The number of rotatable bonds is 5. The third-order valence-corrected chi connectivity index (χ3v) is 6.25. The SMILES string of the molecule is CN1CCN(c2nc(NCCc3ccccc3)c3c(n2)-c2ccccc2CC3)CC1. The first-order valence-corrected chi connectivity index (χ1v) is 11.0. The average molecular weight is 400 g/mol. The Labute approximate surface area is 178 Å². The van der Waals surface area contributed by atoms with E-state index in [1.807, 2.05) is 0 Å². The van der Waals surface area contributed by atoms with Crippen LogP contribution >= 0.6 is 0 Å². The number of aromatic nitrogens is 2. The highest BCUT2D eigenvalue weighted by Crippen LogP contribution is 2.36. The fourth-order valence-electron chi connectivity index (χ4n) is 4.42. The van der Waals surface area contributed by atoms with Gasteiger partial charge in [0.15, 0.2) is 0 Å². The number of fused-ring (bicyclic) bond motifs is 3. The highest BCUT2D eigenvalue weighted by atomic mass is 15.3. The van der Waals surface area contributed by atoms with Gasteiger partial charge in [0.05, 0.1) is 5.69 Å². The van der Waals surface area contributed by atoms with Gasteiger partial charge in [-0.15, -0.1) is 0 Å². The van der Waals surface area contributed by atoms with E-state index in [0.29, 0.717) is 0 Å². The first-order chi connectivity index (χ1) is 14.8. The summed E-state index contributed by atoms with van der Waals surface area (Å²) < 4.78 is 0. The standard InChI is InChI=1S/C25H29N5/c1-29-15-17-30(18-16-29)25-27-23-21-10-6-5-9-20(21)11-12-22(23)24(28-25)26-14-13-19-7-3-2-4-8-19/h2-10H,11-18H2,1H3,(H,26,27,28). The number of hydrogen-bond acceptors (Lipinski definition) is 5. The Morgan fingerprint density at radius 3 is 2.47 bits per heavy atom. The van der Waals surface area contributed by atoms with Crippen molar-refractivity contribution in [3.05, 3.63) is 71.3 Å². The largest absolute Gasteiger partial charge is 0.369 e. The molecule has 1 aromatic heterocycles. The Balaban J connectivity index is 1.46. The molecule has 1 aliphatic carbocycles. The van der Waals surface area contributed by atoms with E-state index < -0.39 is 0 Å². The molecule has 0 bridgehead atoms. The Morgan fingerprint density at radius 1 is 0.867 bits per heavy atom. The van der Waals surface area contributed by atoms with Crippen LogP contribution < -0.4 is 10.2 Å². The van der Waals surface area contributed by atoms with Crippen LogP contribution in [-0.4, -0.2) is 54.6 Å². The summed E-state index contributed by atoms with van der Waals surface area (Å²) >= 11 is 0. The van der Waals surface area contributed by atoms with Gasteiger partial charge in [0.25, 0.3) is 0 Å². The van der Waals surface area contributed by atoms with Gasteiger partial charge in [0.2, 0.25) is 5.95 Å². The highest BCUT2D eigenvalue weighted by molar-refractivity contribution is 5.75. The van der Waals surface area contributed by atoms with E-state index in [1.54, 1.807) is 0 Å². The van der Waals surface area contributed by atoms with Crippen molar-refractivity contribution in [3.63, 3.8) is 0 Å². The molecule has 5 heteroatoms. The molecule has 5 nitrogen and oxygen atoms in total. The second-order valence-electron chi connectivity index (χ2n) is 8.31. The molecule has 30 heavy (non-hydrogen) atoms. The van der Waals surface area contributed by atoms with E-state index in [4.69, 9.17) is 9.97 Å². The molecule has 2 aromatic carbocycles. The van der Waals surface area contributed by atoms with Crippen molar-refractivity contribution in [2.75, 3.05) is 50.0 Å². The molecule has 0 saturated carbocycles. The quantitative estimate of drug-likeness (QED) is 0.710. The van der Waals surface area contributed by atoms with Crippen LogP contribution in [0.25, 0.3) is 11.3 Å². The molecule has 1 saturated heterocycles. The molecular formula is C25H29N5. The Kier molecular flexibility index (Phi) is 5.37. The van der Waals surface area contributed by atoms with Crippen LogP contribution in [0.15, 0.2) is 54.6 Å². The number of anilines is 2. The Hall–Kier alpha value is -2.92. The minimum absolute atomic E-state index is 0.862. The monoisotopic (exact) mass is 399 g/mol. The lowest BCUT2D eigenvalue weighted by Gasteiger charge is -2.33. The van der Waals surface area contributed by atoms with Crippen LogP contribution in [0.3, 0.4) is 0 Å². The van der Waals surface area contributed by atoms with Gasteiger partial charge >= 0.3 is 0 Å². The molecule has 1 fully saturated rings. The maximum Gasteiger partial charge on any atom is 0.227 e. The zero-order valence-electron chi connectivity index (χ0n) is 17.6. The fraction of sp³-hybridized carbons (Fsp3) is 0.360. The minimum Gasteiger partial charge on any atom is -0.369 e. The molecule has 1 aliphatic heterocycles. The number of nitrogens with zero attached hydrogens (tertiary/aromatic N) is 4.